The van der Waals surface area contributed by atoms with Gasteiger partial charge in [0.1, 0.15) is 0 Å². The molecule has 1 aromatic carbocycles. The number of alkyl halides is 17. The zero-order chi connectivity index (χ0) is 39.1. The molecule has 0 bridgehead atoms. The lowest BCUT2D eigenvalue weighted by Crippen LogP contribution is -2.75. The predicted octanol–water partition coefficient (Wildman–Crippen LogP) is 12.6. The molecule has 0 amide bonds. The van der Waals surface area contributed by atoms with Gasteiger partial charge in [0.2, 0.25) is 5.78 Å². The minimum absolute atomic E-state index is 0.275. The van der Waals surface area contributed by atoms with Crippen LogP contribution in [0, 0.1) is 23.7 Å². The molecule has 0 atom stereocenters. The van der Waals surface area contributed by atoms with Gasteiger partial charge >= 0.3 is 47.6 Å². The molecular weight excluding hydrogens is 735 g/mol. The number of carbonyl (C=O) groups excluding carboxylic acids is 1. The lowest BCUT2D eigenvalue weighted by molar-refractivity contribution is -0.459. The van der Waals surface area contributed by atoms with Crippen LogP contribution in [0.2, 0.25) is 0 Å². The van der Waals surface area contributed by atoms with Gasteiger partial charge in [-0.2, -0.15) is 74.6 Å². The molecule has 2 fully saturated rings. The number of hydrogen-bond acceptors (Lipinski definition) is 1. The molecule has 51 heavy (non-hydrogen) atoms. The van der Waals surface area contributed by atoms with E-state index in [2.05, 4.69) is 6.92 Å². The molecule has 1 nitrogen and oxygen atoms in total. The Morgan fingerprint density at radius 1 is 0.529 bits per heavy atom. The van der Waals surface area contributed by atoms with E-state index in [0.29, 0.717) is 36.0 Å². The number of carbonyl (C=O) groups is 1. The maximum Gasteiger partial charge on any atom is 0.460 e. The van der Waals surface area contributed by atoms with E-state index in [-0.39, 0.29) is 12.3 Å². The highest BCUT2D eigenvalue weighted by Gasteiger charge is 2.95. The molecule has 0 heterocycles. The summed E-state index contributed by atoms with van der Waals surface area (Å²) in [7, 11) is 0. The molecule has 0 unspecified atom stereocenters. The average Bonchev–Trinajstić information content (AvgIpc) is 3.05. The van der Waals surface area contributed by atoms with Crippen LogP contribution in [0.15, 0.2) is 24.3 Å². The van der Waals surface area contributed by atoms with Crippen molar-refractivity contribution in [2.45, 2.75) is 138 Å². The number of unbranched alkanes of at least 4 members (excludes halogenated alkanes) is 1. The maximum atomic E-state index is 14.5. The summed E-state index contributed by atoms with van der Waals surface area (Å²) in [5.41, 5.74) is -1.20. The third-order valence-electron chi connectivity index (χ3n) is 10.5. The number of rotatable bonds is 15. The summed E-state index contributed by atoms with van der Waals surface area (Å²) in [6.45, 7) is 2.16. The Labute approximate surface area is 282 Å². The number of benzene rings is 1. The molecule has 2 saturated carbocycles. The summed E-state index contributed by atoms with van der Waals surface area (Å²) >= 11 is 0. The number of halogens is 17. The van der Waals surface area contributed by atoms with Gasteiger partial charge in [0.25, 0.3) is 0 Å². The van der Waals surface area contributed by atoms with Gasteiger partial charge in [-0.1, -0.05) is 76.1 Å². The first kappa shape index (κ1) is 43.1. The van der Waals surface area contributed by atoms with Crippen molar-refractivity contribution >= 4 is 5.78 Å². The Hall–Kier alpha value is -2.30. The van der Waals surface area contributed by atoms with E-state index in [1.54, 1.807) is 0 Å². The lowest BCUT2D eigenvalue weighted by atomic mass is 9.68. The predicted molar refractivity (Wildman–Crippen MR) is 150 cm³/mol. The van der Waals surface area contributed by atoms with Crippen molar-refractivity contribution in [3.8, 4) is 0 Å². The van der Waals surface area contributed by atoms with Crippen molar-refractivity contribution < 1.29 is 79.4 Å². The summed E-state index contributed by atoms with van der Waals surface area (Å²) in [5.74, 6) is -59.0. The van der Waals surface area contributed by atoms with E-state index >= 15 is 0 Å². The van der Waals surface area contributed by atoms with Crippen molar-refractivity contribution in [1.29, 1.82) is 0 Å². The normalized spacial score (nSPS) is 23.7. The van der Waals surface area contributed by atoms with Crippen LogP contribution < -0.4 is 0 Å². The highest BCUT2D eigenvalue weighted by Crippen LogP contribution is 2.64. The summed E-state index contributed by atoms with van der Waals surface area (Å²) in [6.07, 6.45) is 5.40. The minimum Gasteiger partial charge on any atom is -0.287 e. The second-order valence-corrected chi connectivity index (χ2v) is 13.8. The molecule has 0 radical (unpaired) electrons. The number of aryl methyl sites for hydroxylation is 1. The molecule has 1 aromatic rings. The topological polar surface area (TPSA) is 17.1 Å². The summed E-state index contributed by atoms with van der Waals surface area (Å²) < 4.78 is 231. The molecule has 0 N–H and O–H groups in total. The third kappa shape index (κ3) is 7.71. The van der Waals surface area contributed by atoms with Crippen LogP contribution in [0.5, 0.6) is 0 Å². The van der Waals surface area contributed by atoms with Crippen LogP contribution in [0.25, 0.3) is 0 Å². The van der Waals surface area contributed by atoms with Gasteiger partial charge < -0.3 is 0 Å². The molecule has 2 aliphatic carbocycles. The maximum absolute atomic E-state index is 14.5. The van der Waals surface area contributed by atoms with E-state index in [1.165, 1.54) is 44.9 Å². The van der Waals surface area contributed by atoms with E-state index in [1.807, 2.05) is 0 Å². The first-order valence-electron chi connectivity index (χ1n) is 16.5. The molecule has 0 saturated heterocycles. The fraction of sp³-hybridized carbons (Fsp3) is 0.788. The van der Waals surface area contributed by atoms with Crippen molar-refractivity contribution in [2.75, 3.05) is 0 Å². The van der Waals surface area contributed by atoms with Gasteiger partial charge in [-0.15, -0.1) is 0 Å². The fourth-order valence-electron chi connectivity index (χ4n) is 7.07. The largest absolute Gasteiger partial charge is 0.460 e. The Bertz CT molecular complexity index is 1300. The molecule has 294 valence electrons. The fourth-order valence-corrected chi connectivity index (χ4v) is 7.07. The Kier molecular flexibility index (Phi) is 12.6. The van der Waals surface area contributed by atoms with Crippen LogP contribution in [0.3, 0.4) is 0 Å². The van der Waals surface area contributed by atoms with Gasteiger partial charge in [0.05, 0.1) is 0 Å². The summed E-state index contributed by atoms with van der Waals surface area (Å²) in [5, 5.41) is 0. The molecule has 18 heteroatoms. The zero-order valence-corrected chi connectivity index (χ0v) is 27.1. The molecule has 0 aliphatic heterocycles. The van der Waals surface area contributed by atoms with Crippen LogP contribution in [0.1, 0.15) is 99.9 Å². The van der Waals surface area contributed by atoms with Crippen LogP contribution in [-0.2, 0) is 6.42 Å². The van der Waals surface area contributed by atoms with Gasteiger partial charge in [-0.05, 0) is 67.8 Å². The van der Waals surface area contributed by atoms with Crippen molar-refractivity contribution in [2.24, 2.45) is 23.7 Å². The quantitative estimate of drug-likeness (QED) is 0.128. The minimum atomic E-state index is -8.74. The standard InChI is InChI=1S/C33H37F17O/c1-2-3-4-19-7-13-22(14-8-19)23-15-9-20(10-16-23)5-6-21-11-17-24(18-12-21)25(51)26(34,35)27(36,37)28(38,39)29(40,41)30(42,43)31(44,45)32(46,47)33(48,49)50/h11-12,17-20,22-23H,2-10,13-16H2,1H3. The third-order valence-corrected chi connectivity index (χ3v) is 10.5. The summed E-state index contributed by atoms with van der Waals surface area (Å²) in [6, 6.07) is 2.67. The van der Waals surface area contributed by atoms with Crippen LogP contribution in [0.4, 0.5) is 74.6 Å². The molecular formula is C33H37F17O. The Balaban J connectivity index is 1.66. The van der Waals surface area contributed by atoms with Crippen LogP contribution in [-0.4, -0.2) is 53.4 Å². The highest BCUT2D eigenvalue weighted by atomic mass is 19.4. The van der Waals surface area contributed by atoms with E-state index in [0.717, 1.165) is 43.7 Å². The van der Waals surface area contributed by atoms with Crippen molar-refractivity contribution in [1.82, 2.24) is 0 Å². The van der Waals surface area contributed by atoms with Gasteiger partial charge in [0, 0.05) is 5.56 Å². The molecule has 0 aromatic heterocycles. The molecule has 0 spiro atoms. The Morgan fingerprint density at radius 2 is 0.902 bits per heavy atom. The van der Waals surface area contributed by atoms with Gasteiger partial charge in [-0.3, -0.25) is 4.79 Å². The number of ketones is 1. The second-order valence-electron chi connectivity index (χ2n) is 13.8. The van der Waals surface area contributed by atoms with Crippen LogP contribution >= 0.6 is 0 Å². The second kappa shape index (κ2) is 14.8. The van der Waals surface area contributed by atoms with E-state index < -0.39 is 59.0 Å². The zero-order valence-electron chi connectivity index (χ0n) is 27.1. The Morgan fingerprint density at radius 3 is 1.29 bits per heavy atom. The monoisotopic (exact) mass is 772 g/mol. The highest BCUT2D eigenvalue weighted by molar-refractivity contribution is 6.02. The number of hydrogen-bond donors (Lipinski definition) is 0. The van der Waals surface area contributed by atoms with Crippen molar-refractivity contribution in [3.63, 3.8) is 0 Å². The first-order valence-corrected chi connectivity index (χ1v) is 16.5. The smallest absolute Gasteiger partial charge is 0.287 e. The number of Topliss-reactive ketones (excluding diaryl/α,β-unsaturated/α-hetero) is 1. The van der Waals surface area contributed by atoms with Gasteiger partial charge in [-0.25, -0.2) is 0 Å². The SMILES string of the molecule is CCCCC1CCC(C2CCC(CCc3ccc(C(=O)C(F)(F)C(F)(F)C(F)(F)C(F)(F)C(F)(F)C(F)(F)C(F)(F)C(F)(F)F)cc3)CC2)CC1. The molecule has 2 aliphatic rings. The van der Waals surface area contributed by atoms with E-state index in [4.69, 9.17) is 0 Å². The average molecular weight is 773 g/mol. The van der Waals surface area contributed by atoms with E-state index in [9.17, 15) is 79.4 Å². The summed E-state index contributed by atoms with van der Waals surface area (Å²) in [4.78, 5) is 12.2. The first-order chi connectivity index (χ1) is 23.1. The molecule has 3 rings (SSSR count). The van der Waals surface area contributed by atoms with Gasteiger partial charge in [0.15, 0.2) is 0 Å². The lowest BCUT2D eigenvalue weighted by Gasteiger charge is -2.42. The van der Waals surface area contributed by atoms with Crippen molar-refractivity contribution in [3.05, 3.63) is 35.4 Å².